The second-order valence-corrected chi connectivity index (χ2v) is 9.83. The van der Waals surface area contributed by atoms with Crippen LogP contribution in [-0.4, -0.2) is 59.0 Å². The third-order valence-electron chi connectivity index (χ3n) is 5.66. The van der Waals surface area contributed by atoms with Gasteiger partial charge in [0.25, 0.3) is 12.3 Å². The molecule has 5 rings (SSSR count). The van der Waals surface area contributed by atoms with Crippen molar-refractivity contribution in [2.75, 3.05) is 36.9 Å². The Balaban J connectivity index is 1.34. The molecule has 0 aliphatic carbocycles. The summed E-state index contributed by atoms with van der Waals surface area (Å²) in [6, 6.07) is 3.00. The number of nitrogens with zero attached hydrogens (tertiary/aromatic N) is 4. The van der Waals surface area contributed by atoms with Gasteiger partial charge in [0, 0.05) is 25.2 Å². The van der Waals surface area contributed by atoms with Gasteiger partial charge in [0.15, 0.2) is 5.82 Å². The molecule has 3 aromatic heterocycles. The van der Waals surface area contributed by atoms with E-state index in [0.29, 0.717) is 31.1 Å². The number of ether oxygens (including phenoxy) is 2. The summed E-state index contributed by atoms with van der Waals surface area (Å²) >= 11 is 4.26. The maximum absolute atomic E-state index is 13.3. The Morgan fingerprint density at radius 1 is 1.39 bits per heavy atom. The number of halogens is 3. The first-order valence-electron chi connectivity index (χ1n) is 10.4. The molecule has 2 aliphatic rings. The zero-order valence-corrected chi connectivity index (χ0v) is 19.7. The first-order chi connectivity index (χ1) is 15.9. The maximum Gasteiger partial charge on any atom is 0.272 e. The lowest BCUT2D eigenvalue weighted by molar-refractivity contribution is -0.0797. The molecule has 176 valence electrons. The van der Waals surface area contributed by atoms with Gasteiger partial charge in [0.05, 0.1) is 23.8 Å². The highest BCUT2D eigenvalue weighted by Crippen LogP contribution is 2.37. The molecule has 1 amide bonds. The van der Waals surface area contributed by atoms with Crippen LogP contribution in [0.4, 0.5) is 20.3 Å². The third-order valence-corrected chi connectivity index (χ3v) is 7.34. The highest BCUT2D eigenvalue weighted by molar-refractivity contribution is 9.10. The predicted molar refractivity (Wildman–Crippen MR) is 122 cm³/mol. The number of hydrogen-bond donors (Lipinski definition) is 2. The van der Waals surface area contributed by atoms with Gasteiger partial charge < -0.3 is 25.4 Å². The number of thiophene rings is 1. The van der Waals surface area contributed by atoms with Crippen molar-refractivity contribution in [3.05, 3.63) is 32.8 Å². The number of nitrogens with one attached hydrogen (secondary N) is 1. The topological polar surface area (TPSA) is 107 Å². The summed E-state index contributed by atoms with van der Waals surface area (Å²) in [6.45, 7) is 2.07. The summed E-state index contributed by atoms with van der Waals surface area (Å²) in [7, 11) is 0. The molecule has 1 atom stereocenters. The van der Waals surface area contributed by atoms with E-state index in [1.54, 1.807) is 4.52 Å². The molecule has 0 aromatic carbocycles. The van der Waals surface area contributed by atoms with Crippen LogP contribution in [0, 0.1) is 0 Å². The lowest BCUT2D eigenvalue weighted by Crippen LogP contribution is -2.47. The van der Waals surface area contributed by atoms with Crippen molar-refractivity contribution < 1.29 is 23.0 Å². The Labute approximate surface area is 200 Å². The molecule has 0 radical (unpaired) electrons. The van der Waals surface area contributed by atoms with Gasteiger partial charge in [-0.25, -0.2) is 18.3 Å². The Kier molecular flexibility index (Phi) is 6.10. The van der Waals surface area contributed by atoms with Gasteiger partial charge in [-0.15, -0.1) is 11.3 Å². The van der Waals surface area contributed by atoms with Crippen LogP contribution in [0.5, 0.6) is 5.75 Å². The summed E-state index contributed by atoms with van der Waals surface area (Å²) in [5, 5.41) is 7.22. The Morgan fingerprint density at radius 2 is 2.21 bits per heavy atom. The standard InChI is InChI=1S/C20H21BrF2N6O3S/c21-15-4-12(16-19(24)25-9-26-29(15)16)28-3-1-2-10(6-28)27-20(30)17-13(32-11-7-31-8-11)5-14(33-17)18(22)23/h4-5,9-11,18H,1-3,6-8H2,(H,27,30)(H2,24,25,26)/t10-/m1/s1. The smallest absolute Gasteiger partial charge is 0.272 e. The minimum Gasteiger partial charge on any atom is -0.484 e. The number of carbonyl (C=O) groups is 1. The average Bonchev–Trinajstić information content (AvgIpc) is 3.34. The number of hydrogen-bond acceptors (Lipinski definition) is 8. The summed E-state index contributed by atoms with van der Waals surface area (Å²) < 4.78 is 39.8. The molecule has 13 heteroatoms. The molecule has 2 saturated heterocycles. The molecular formula is C20H21BrF2N6O3S. The number of piperidine rings is 1. The van der Waals surface area contributed by atoms with Gasteiger partial charge in [-0.1, -0.05) is 0 Å². The molecule has 0 spiro atoms. The van der Waals surface area contributed by atoms with E-state index in [4.69, 9.17) is 15.2 Å². The van der Waals surface area contributed by atoms with E-state index < -0.39 is 12.3 Å². The number of fused-ring (bicyclic) bond motifs is 1. The van der Waals surface area contributed by atoms with Crippen molar-refractivity contribution in [1.82, 2.24) is 19.9 Å². The molecule has 9 nitrogen and oxygen atoms in total. The van der Waals surface area contributed by atoms with Gasteiger partial charge in [-0.3, -0.25) is 4.79 Å². The molecule has 2 aliphatic heterocycles. The normalized spacial score (nSPS) is 19.2. The van der Waals surface area contributed by atoms with Gasteiger partial charge in [-0.05, 0) is 34.8 Å². The monoisotopic (exact) mass is 542 g/mol. The largest absolute Gasteiger partial charge is 0.484 e. The summed E-state index contributed by atoms with van der Waals surface area (Å²) in [6.07, 6.45) is 0.0939. The molecule has 3 N–H and O–H groups in total. The zero-order chi connectivity index (χ0) is 23.1. The van der Waals surface area contributed by atoms with Crippen LogP contribution in [0.25, 0.3) is 5.52 Å². The Hall–Kier alpha value is -2.51. The molecule has 3 aromatic rings. The van der Waals surface area contributed by atoms with E-state index >= 15 is 0 Å². The van der Waals surface area contributed by atoms with Crippen molar-refractivity contribution in [3.8, 4) is 5.75 Å². The van der Waals surface area contributed by atoms with Gasteiger partial charge in [0.2, 0.25) is 0 Å². The highest BCUT2D eigenvalue weighted by Gasteiger charge is 2.30. The molecule has 2 fully saturated rings. The molecule has 33 heavy (non-hydrogen) atoms. The molecular weight excluding hydrogens is 522 g/mol. The first-order valence-corrected chi connectivity index (χ1v) is 12.0. The lowest BCUT2D eigenvalue weighted by Gasteiger charge is -2.34. The first kappa shape index (κ1) is 22.3. The number of rotatable bonds is 6. The lowest BCUT2D eigenvalue weighted by atomic mass is 10.0. The third kappa shape index (κ3) is 4.36. The van der Waals surface area contributed by atoms with Crippen LogP contribution in [0.2, 0.25) is 0 Å². The van der Waals surface area contributed by atoms with E-state index in [1.165, 1.54) is 12.4 Å². The van der Waals surface area contributed by atoms with E-state index in [-0.39, 0.29) is 27.6 Å². The van der Waals surface area contributed by atoms with Crippen molar-refractivity contribution in [2.45, 2.75) is 31.4 Å². The summed E-state index contributed by atoms with van der Waals surface area (Å²) in [5.74, 6) is 0.123. The minimum atomic E-state index is -2.67. The van der Waals surface area contributed by atoms with Crippen LogP contribution in [0.15, 0.2) is 23.1 Å². The quantitative estimate of drug-likeness (QED) is 0.492. The van der Waals surface area contributed by atoms with Gasteiger partial charge in [0.1, 0.15) is 33.2 Å². The fourth-order valence-corrected chi connectivity index (χ4v) is 5.36. The molecule has 5 heterocycles. The van der Waals surface area contributed by atoms with Crippen LogP contribution in [0.1, 0.15) is 33.8 Å². The number of nitrogens with two attached hydrogens (primary N) is 1. The predicted octanol–water partition coefficient (Wildman–Crippen LogP) is 3.25. The minimum absolute atomic E-state index is 0.157. The van der Waals surface area contributed by atoms with Crippen molar-refractivity contribution >= 4 is 50.2 Å². The summed E-state index contributed by atoms with van der Waals surface area (Å²) in [5.41, 5.74) is 7.65. The number of anilines is 2. The molecule has 0 unspecified atom stereocenters. The Morgan fingerprint density at radius 3 is 2.94 bits per heavy atom. The van der Waals surface area contributed by atoms with Crippen LogP contribution >= 0.6 is 27.3 Å². The van der Waals surface area contributed by atoms with Crippen molar-refractivity contribution in [3.63, 3.8) is 0 Å². The highest BCUT2D eigenvalue weighted by atomic mass is 79.9. The van der Waals surface area contributed by atoms with E-state index in [9.17, 15) is 13.6 Å². The average molecular weight is 543 g/mol. The van der Waals surface area contributed by atoms with E-state index in [1.807, 2.05) is 6.07 Å². The van der Waals surface area contributed by atoms with Gasteiger partial charge >= 0.3 is 0 Å². The number of alkyl halides is 2. The number of carbonyl (C=O) groups excluding carboxylic acids is 1. The van der Waals surface area contributed by atoms with E-state index in [2.05, 4.69) is 36.2 Å². The number of amides is 1. The molecule has 0 saturated carbocycles. The van der Waals surface area contributed by atoms with Gasteiger partial charge in [-0.2, -0.15) is 5.10 Å². The second-order valence-electron chi connectivity index (χ2n) is 7.94. The van der Waals surface area contributed by atoms with Crippen LogP contribution in [0.3, 0.4) is 0 Å². The van der Waals surface area contributed by atoms with Crippen LogP contribution in [-0.2, 0) is 4.74 Å². The Bertz CT molecular complexity index is 1180. The fourth-order valence-electron chi connectivity index (χ4n) is 4.02. The fraction of sp³-hybridized carbons (Fsp3) is 0.450. The van der Waals surface area contributed by atoms with Crippen LogP contribution < -0.4 is 20.7 Å². The maximum atomic E-state index is 13.3. The SMILES string of the molecule is Nc1ncnn2c(Br)cc(N3CCC[C@@H](NC(=O)c4sc(C(F)F)cc4OC4COC4)C3)c12. The number of nitrogen functional groups attached to an aromatic ring is 1. The zero-order valence-electron chi connectivity index (χ0n) is 17.3. The van der Waals surface area contributed by atoms with E-state index in [0.717, 1.165) is 41.0 Å². The van der Waals surface area contributed by atoms with Crippen molar-refractivity contribution in [2.24, 2.45) is 0 Å². The number of aromatic nitrogens is 3. The second kappa shape index (κ2) is 9.03. The van der Waals surface area contributed by atoms with Crippen molar-refractivity contribution in [1.29, 1.82) is 0 Å². The summed E-state index contributed by atoms with van der Waals surface area (Å²) in [4.78, 5) is 19.2. The molecule has 0 bridgehead atoms.